The zero-order chi connectivity index (χ0) is 24.8. The van der Waals surface area contributed by atoms with Crippen molar-refractivity contribution in [3.05, 3.63) is 59.7 Å². The summed E-state index contributed by atoms with van der Waals surface area (Å²) in [5, 5.41) is 2.81. The quantitative estimate of drug-likeness (QED) is 0.395. The van der Waals surface area contributed by atoms with Gasteiger partial charge >= 0.3 is 0 Å². The third kappa shape index (κ3) is 8.61. The molecule has 0 atom stereocenters. The maximum Gasteiger partial charge on any atom is 0.262 e. The van der Waals surface area contributed by atoms with Crippen LogP contribution in [0.1, 0.15) is 72.1 Å². The van der Waals surface area contributed by atoms with Gasteiger partial charge in [0.1, 0.15) is 0 Å². The van der Waals surface area contributed by atoms with Gasteiger partial charge in [-0.15, -0.1) is 0 Å². The van der Waals surface area contributed by atoms with E-state index in [-0.39, 0.29) is 11.8 Å². The summed E-state index contributed by atoms with van der Waals surface area (Å²) >= 11 is 0. The maximum absolute atomic E-state index is 12.3. The molecule has 2 bridgehead atoms. The Bertz CT molecular complexity index is 949. The molecule has 4 rings (SSSR count). The van der Waals surface area contributed by atoms with E-state index in [1.54, 1.807) is 28.8 Å². The van der Waals surface area contributed by atoms with Gasteiger partial charge in [-0.25, -0.2) is 0 Å². The largest absolute Gasteiger partial charge is 0.366 e. The highest BCUT2D eigenvalue weighted by molar-refractivity contribution is 6.03. The Kier molecular flexibility index (Phi) is 11.8. The molecule has 1 aromatic carbocycles. The molecule has 2 aromatic heterocycles. The van der Waals surface area contributed by atoms with E-state index in [1.807, 2.05) is 24.3 Å². The van der Waals surface area contributed by atoms with E-state index < -0.39 is 5.91 Å². The van der Waals surface area contributed by atoms with Crippen molar-refractivity contribution >= 4 is 28.8 Å². The van der Waals surface area contributed by atoms with E-state index in [1.165, 1.54) is 19.3 Å². The number of carbonyl (C=O) groups is 3. The Morgan fingerprint density at radius 3 is 1.79 bits per heavy atom. The average Bonchev–Trinajstić information content (AvgIpc) is 3.36. The van der Waals surface area contributed by atoms with Gasteiger partial charge in [-0.1, -0.05) is 19.3 Å². The summed E-state index contributed by atoms with van der Waals surface area (Å²) in [7, 11) is 0. The summed E-state index contributed by atoms with van der Waals surface area (Å²) in [5.74, 6) is -0.379. The molecule has 0 saturated carbocycles. The lowest BCUT2D eigenvalue weighted by molar-refractivity contribution is -0.120. The topological polar surface area (TPSA) is 146 Å². The molecule has 3 heterocycles. The van der Waals surface area contributed by atoms with Crippen LogP contribution in [0.4, 0.5) is 0 Å². The Morgan fingerprint density at radius 2 is 1.29 bits per heavy atom. The second kappa shape index (κ2) is 14.8. The molecule has 0 radical (unpaired) electrons. The van der Waals surface area contributed by atoms with Gasteiger partial charge in [-0.3, -0.25) is 19.0 Å². The van der Waals surface area contributed by atoms with Crippen molar-refractivity contribution in [3.8, 4) is 0 Å². The Labute approximate surface area is 201 Å². The predicted octanol–water partition coefficient (Wildman–Crippen LogP) is 3.01. The van der Waals surface area contributed by atoms with Crippen LogP contribution in [-0.4, -0.2) is 41.9 Å². The summed E-state index contributed by atoms with van der Waals surface area (Å²) < 4.78 is 1.64. The monoisotopic (exact) mass is 467 g/mol. The molecule has 1 aliphatic heterocycles. The van der Waals surface area contributed by atoms with Crippen molar-refractivity contribution in [2.45, 2.75) is 51.4 Å². The van der Waals surface area contributed by atoms with Crippen LogP contribution in [0.3, 0.4) is 0 Å². The molecule has 8 nitrogen and oxygen atoms in total. The molecule has 34 heavy (non-hydrogen) atoms. The van der Waals surface area contributed by atoms with Crippen LogP contribution in [0.5, 0.6) is 0 Å². The second-order valence-corrected chi connectivity index (χ2v) is 8.25. The number of rotatable bonds is 7. The van der Waals surface area contributed by atoms with E-state index in [0.29, 0.717) is 11.1 Å². The first kappa shape index (κ1) is 27.0. The van der Waals surface area contributed by atoms with Gasteiger partial charge in [0, 0.05) is 35.1 Å². The summed E-state index contributed by atoms with van der Waals surface area (Å²) in [6.07, 6.45) is 8.97. The lowest BCUT2D eigenvalue weighted by Gasteiger charge is -2.03. The molecular weight excluding hydrogens is 430 g/mol. The second-order valence-electron chi connectivity index (χ2n) is 8.25. The standard InChI is InChI=1S/C14H10N2O2.C6H16N2.C6H11NO/c15-13(17)9-1-3-10(4-2-9)14(18)16-11-5-6-12(16)8-7-11;7-5-3-1-2-4-6-8;8-6-4-2-1-3-5-7-6/h1-8H,(H2,15,17);1-8H2;1-5H2,(H,7,8). The van der Waals surface area contributed by atoms with Crippen LogP contribution in [0.2, 0.25) is 0 Å². The third-order valence-corrected chi connectivity index (χ3v) is 5.55. The van der Waals surface area contributed by atoms with Gasteiger partial charge in [0.05, 0.1) is 0 Å². The number of benzene rings is 2. The number of hydrogen-bond donors (Lipinski definition) is 4. The number of hydrogen-bond acceptors (Lipinski definition) is 5. The highest BCUT2D eigenvalue weighted by atomic mass is 16.2. The van der Waals surface area contributed by atoms with Crippen LogP contribution >= 0.6 is 0 Å². The third-order valence-electron chi connectivity index (χ3n) is 5.55. The van der Waals surface area contributed by atoms with E-state index in [0.717, 1.165) is 62.8 Å². The number of unbranched alkanes of at least 4 members (excludes halogenated alkanes) is 3. The lowest BCUT2D eigenvalue weighted by Crippen LogP contribution is -2.21. The first-order valence-corrected chi connectivity index (χ1v) is 12.0. The first-order chi connectivity index (χ1) is 16.5. The van der Waals surface area contributed by atoms with E-state index in [9.17, 15) is 14.4 Å². The molecule has 3 aromatic rings. The number of nitrogens with two attached hydrogens (primary N) is 3. The van der Waals surface area contributed by atoms with Crippen molar-refractivity contribution in [2.75, 3.05) is 19.6 Å². The molecule has 1 saturated heterocycles. The molecular formula is C26H37N5O3. The predicted molar refractivity (Wildman–Crippen MR) is 136 cm³/mol. The summed E-state index contributed by atoms with van der Waals surface area (Å²) in [6, 6.07) is 13.9. The molecule has 2 amide bonds. The molecule has 1 aliphatic rings. The number of nitrogens with zero attached hydrogens (tertiary/aromatic N) is 1. The zero-order valence-corrected chi connectivity index (χ0v) is 19.8. The van der Waals surface area contributed by atoms with Crippen molar-refractivity contribution < 1.29 is 14.4 Å². The number of carbonyl (C=O) groups excluding carboxylic acids is 3. The number of primary amides is 1. The van der Waals surface area contributed by atoms with E-state index >= 15 is 0 Å². The number of nitrogens with one attached hydrogen (secondary N) is 1. The van der Waals surface area contributed by atoms with E-state index in [2.05, 4.69) is 5.32 Å². The Morgan fingerprint density at radius 1 is 0.765 bits per heavy atom. The van der Waals surface area contributed by atoms with Gasteiger partial charge in [0.15, 0.2) is 0 Å². The van der Waals surface area contributed by atoms with Gasteiger partial charge in [0.2, 0.25) is 11.8 Å². The SMILES string of the molecule is NC(=O)c1ccc(C(=O)n2c3ccc2cc3)cc1.NCCCCCCN.O=C1CCCCCN1. The average molecular weight is 468 g/mol. The maximum atomic E-state index is 12.3. The summed E-state index contributed by atoms with van der Waals surface area (Å²) in [5.41, 5.74) is 18.4. The van der Waals surface area contributed by atoms with Crippen LogP contribution in [-0.2, 0) is 4.79 Å². The minimum Gasteiger partial charge on any atom is -0.366 e. The molecule has 0 spiro atoms. The number of amides is 2. The molecule has 0 aliphatic carbocycles. The fourth-order valence-corrected chi connectivity index (χ4v) is 3.59. The molecule has 8 heteroatoms. The molecule has 0 unspecified atom stereocenters. The van der Waals surface area contributed by atoms with Crippen LogP contribution in [0.15, 0.2) is 48.5 Å². The summed E-state index contributed by atoms with van der Waals surface area (Å²) in [6.45, 7) is 2.54. The Balaban J connectivity index is 0.000000213. The van der Waals surface area contributed by atoms with Gasteiger partial charge in [0.25, 0.3) is 5.91 Å². The first-order valence-electron chi connectivity index (χ1n) is 12.0. The molecule has 184 valence electrons. The van der Waals surface area contributed by atoms with Crippen LogP contribution in [0.25, 0.3) is 11.0 Å². The van der Waals surface area contributed by atoms with Crippen LogP contribution < -0.4 is 22.5 Å². The van der Waals surface area contributed by atoms with Crippen molar-refractivity contribution in [2.24, 2.45) is 17.2 Å². The minimum absolute atomic E-state index is 0.106. The van der Waals surface area contributed by atoms with Crippen molar-refractivity contribution in [1.82, 2.24) is 9.88 Å². The molecule has 1 fully saturated rings. The minimum atomic E-state index is -0.498. The number of aromatic nitrogens is 1. The van der Waals surface area contributed by atoms with E-state index in [4.69, 9.17) is 17.2 Å². The van der Waals surface area contributed by atoms with Crippen molar-refractivity contribution in [3.63, 3.8) is 0 Å². The van der Waals surface area contributed by atoms with Crippen molar-refractivity contribution in [1.29, 1.82) is 0 Å². The zero-order valence-electron chi connectivity index (χ0n) is 19.8. The highest BCUT2D eigenvalue weighted by Gasteiger charge is 2.14. The fraction of sp³-hybridized carbons (Fsp3) is 0.423. The highest BCUT2D eigenvalue weighted by Crippen LogP contribution is 2.19. The Hall–Kier alpha value is -3.23. The summed E-state index contributed by atoms with van der Waals surface area (Å²) in [4.78, 5) is 33.8. The van der Waals surface area contributed by atoms with Gasteiger partial charge in [-0.05, 0) is 87.3 Å². The van der Waals surface area contributed by atoms with Gasteiger partial charge < -0.3 is 22.5 Å². The normalized spacial score (nSPS) is 13.2. The van der Waals surface area contributed by atoms with Crippen LogP contribution in [0, 0.1) is 0 Å². The fourth-order valence-electron chi connectivity index (χ4n) is 3.59. The smallest absolute Gasteiger partial charge is 0.262 e. The lowest BCUT2D eigenvalue weighted by atomic mass is 10.1. The van der Waals surface area contributed by atoms with Gasteiger partial charge in [-0.2, -0.15) is 0 Å². The molecule has 7 N–H and O–H groups in total. The number of fused-ring (bicyclic) bond motifs is 2.